The van der Waals surface area contributed by atoms with Gasteiger partial charge >= 0.3 is 12.4 Å². The highest BCUT2D eigenvalue weighted by Gasteiger charge is 2.37. The molecule has 0 saturated heterocycles. The van der Waals surface area contributed by atoms with Crippen LogP contribution in [0.1, 0.15) is 32.0 Å². The van der Waals surface area contributed by atoms with Crippen LogP contribution in [0, 0.1) is 0 Å². The summed E-state index contributed by atoms with van der Waals surface area (Å²) in [7, 11) is 0. The molecule has 1 heterocycles. The number of fused-ring (bicyclic) bond motifs is 1. The van der Waals surface area contributed by atoms with Gasteiger partial charge in [0.1, 0.15) is 5.69 Å². The van der Waals surface area contributed by atoms with Gasteiger partial charge in [-0.3, -0.25) is 20.4 Å². The lowest BCUT2D eigenvalue weighted by molar-refractivity contribution is -0.143. The Morgan fingerprint density at radius 3 is 1.86 bits per heavy atom. The molecule has 0 aliphatic carbocycles. The number of alkyl halides is 6. The van der Waals surface area contributed by atoms with E-state index in [1.165, 1.54) is 6.07 Å². The molecule has 0 bridgehead atoms. The fourth-order valence-electron chi connectivity index (χ4n) is 2.53. The zero-order valence-electron chi connectivity index (χ0n) is 14.2. The largest absolute Gasteiger partial charge is 0.416 e. The standard InChI is InChI=1S/C18H11F6N3O2/c19-17(20,21)11-5-10(6-12(8-11)18(22,23)24)15(28)26-27-16(29)14-7-9-3-1-2-4-13(9)25-14/h1-8,25H,(H,26,28)(H,27,29). The number of para-hydroxylation sites is 1. The SMILES string of the molecule is O=C(NNC(=O)c1cc2ccccc2[nH]1)c1cc(C(F)(F)F)cc(C(F)(F)F)c1. The summed E-state index contributed by atoms with van der Waals surface area (Å²) in [6.07, 6.45) is -10.2. The fraction of sp³-hybridized carbons (Fsp3) is 0.111. The molecule has 0 fully saturated rings. The molecular weight excluding hydrogens is 404 g/mol. The average Bonchev–Trinajstić information content (AvgIpc) is 3.08. The smallest absolute Gasteiger partial charge is 0.350 e. The van der Waals surface area contributed by atoms with Crippen molar-refractivity contribution < 1.29 is 35.9 Å². The summed E-state index contributed by atoms with van der Waals surface area (Å²) < 4.78 is 77.2. The molecule has 2 amide bonds. The number of halogens is 6. The highest BCUT2D eigenvalue weighted by atomic mass is 19.4. The van der Waals surface area contributed by atoms with Gasteiger partial charge in [0.15, 0.2) is 0 Å². The summed E-state index contributed by atoms with van der Waals surface area (Å²) in [5.74, 6) is -2.18. The van der Waals surface area contributed by atoms with Crippen LogP contribution in [0.2, 0.25) is 0 Å². The third kappa shape index (κ3) is 4.50. The lowest BCUT2D eigenvalue weighted by atomic mass is 10.0. The summed E-state index contributed by atoms with van der Waals surface area (Å²) >= 11 is 0. The number of hydrogen-bond acceptors (Lipinski definition) is 2. The maximum Gasteiger partial charge on any atom is 0.416 e. The Bertz CT molecular complexity index is 1020. The molecule has 2 aromatic carbocycles. The van der Waals surface area contributed by atoms with Gasteiger partial charge in [-0.15, -0.1) is 0 Å². The zero-order valence-corrected chi connectivity index (χ0v) is 14.2. The van der Waals surface area contributed by atoms with Crippen molar-refractivity contribution >= 4 is 22.7 Å². The van der Waals surface area contributed by atoms with Crippen LogP contribution in [-0.4, -0.2) is 16.8 Å². The lowest BCUT2D eigenvalue weighted by Gasteiger charge is -2.14. The van der Waals surface area contributed by atoms with Crippen LogP contribution >= 0.6 is 0 Å². The van der Waals surface area contributed by atoms with E-state index in [-0.39, 0.29) is 23.9 Å². The number of hydrazine groups is 1. The Morgan fingerprint density at radius 1 is 0.759 bits per heavy atom. The predicted octanol–water partition coefficient (Wildman–Crippen LogP) is 4.28. The minimum atomic E-state index is -5.09. The third-order valence-electron chi connectivity index (χ3n) is 3.91. The second-order valence-electron chi connectivity index (χ2n) is 5.97. The molecule has 3 aromatic rings. The Hall–Kier alpha value is -3.50. The normalized spacial score (nSPS) is 12.1. The molecule has 0 unspecified atom stereocenters. The Labute approximate surface area is 158 Å². The zero-order chi connectivity index (χ0) is 21.4. The Morgan fingerprint density at radius 2 is 1.31 bits per heavy atom. The van der Waals surface area contributed by atoms with Crippen molar-refractivity contribution in [3.8, 4) is 0 Å². The van der Waals surface area contributed by atoms with E-state index in [0.717, 1.165) is 0 Å². The van der Waals surface area contributed by atoms with Crippen molar-refractivity contribution in [2.75, 3.05) is 0 Å². The van der Waals surface area contributed by atoms with E-state index in [0.29, 0.717) is 10.9 Å². The second kappa shape index (κ2) is 7.15. The summed E-state index contributed by atoms with van der Waals surface area (Å²) in [6, 6.07) is 8.73. The van der Waals surface area contributed by atoms with E-state index in [1.807, 2.05) is 5.43 Å². The van der Waals surface area contributed by atoms with Crippen molar-refractivity contribution in [1.82, 2.24) is 15.8 Å². The van der Waals surface area contributed by atoms with Crippen molar-refractivity contribution in [3.63, 3.8) is 0 Å². The van der Waals surface area contributed by atoms with Gasteiger partial charge in [0.05, 0.1) is 11.1 Å². The lowest BCUT2D eigenvalue weighted by Crippen LogP contribution is -2.42. The van der Waals surface area contributed by atoms with Crippen molar-refractivity contribution in [2.24, 2.45) is 0 Å². The molecule has 0 aliphatic rings. The van der Waals surface area contributed by atoms with E-state index in [9.17, 15) is 35.9 Å². The highest BCUT2D eigenvalue weighted by Crippen LogP contribution is 2.36. The van der Waals surface area contributed by atoms with Gasteiger partial charge in [-0.25, -0.2) is 0 Å². The molecule has 0 aliphatic heterocycles. The average molecular weight is 415 g/mol. The minimum Gasteiger partial charge on any atom is -0.350 e. The van der Waals surface area contributed by atoms with Crippen LogP contribution in [0.25, 0.3) is 10.9 Å². The number of rotatable bonds is 2. The van der Waals surface area contributed by atoms with Gasteiger partial charge in [0.2, 0.25) is 0 Å². The molecule has 11 heteroatoms. The van der Waals surface area contributed by atoms with Crippen LogP contribution in [0.15, 0.2) is 48.5 Å². The molecule has 1 aromatic heterocycles. The first kappa shape index (κ1) is 20.2. The van der Waals surface area contributed by atoms with Crippen LogP contribution in [0.5, 0.6) is 0 Å². The third-order valence-corrected chi connectivity index (χ3v) is 3.91. The summed E-state index contributed by atoms with van der Waals surface area (Å²) in [5.41, 5.74) is 0.212. The molecule has 0 radical (unpaired) electrons. The first-order valence-electron chi connectivity index (χ1n) is 7.93. The number of carbonyl (C=O) groups is 2. The molecule has 3 rings (SSSR count). The topological polar surface area (TPSA) is 74.0 Å². The molecule has 152 valence electrons. The van der Waals surface area contributed by atoms with E-state index in [2.05, 4.69) is 4.98 Å². The monoisotopic (exact) mass is 415 g/mol. The number of amides is 2. The second-order valence-corrected chi connectivity index (χ2v) is 5.97. The molecular formula is C18H11F6N3O2. The first-order valence-corrected chi connectivity index (χ1v) is 7.93. The van der Waals surface area contributed by atoms with Gasteiger partial charge in [0, 0.05) is 16.5 Å². The van der Waals surface area contributed by atoms with Crippen LogP contribution in [0.4, 0.5) is 26.3 Å². The molecule has 0 spiro atoms. The van der Waals surface area contributed by atoms with Gasteiger partial charge in [-0.1, -0.05) is 18.2 Å². The molecule has 5 nitrogen and oxygen atoms in total. The quantitative estimate of drug-likeness (QED) is 0.432. The van der Waals surface area contributed by atoms with Gasteiger partial charge in [0.25, 0.3) is 11.8 Å². The maximum absolute atomic E-state index is 12.9. The van der Waals surface area contributed by atoms with E-state index in [4.69, 9.17) is 0 Å². The summed E-state index contributed by atoms with van der Waals surface area (Å²) in [6.45, 7) is 0. The summed E-state index contributed by atoms with van der Waals surface area (Å²) in [4.78, 5) is 26.9. The fourth-order valence-corrected chi connectivity index (χ4v) is 2.53. The van der Waals surface area contributed by atoms with Crippen molar-refractivity contribution in [3.05, 3.63) is 70.9 Å². The summed E-state index contributed by atoms with van der Waals surface area (Å²) in [5, 5.41) is 0.691. The molecule has 3 N–H and O–H groups in total. The van der Waals surface area contributed by atoms with Gasteiger partial charge < -0.3 is 4.98 Å². The van der Waals surface area contributed by atoms with Crippen LogP contribution in [0.3, 0.4) is 0 Å². The number of nitrogens with one attached hydrogen (secondary N) is 3. The molecule has 29 heavy (non-hydrogen) atoms. The number of H-pyrrole nitrogens is 1. The highest BCUT2D eigenvalue weighted by molar-refractivity contribution is 6.01. The van der Waals surface area contributed by atoms with Crippen LogP contribution < -0.4 is 10.9 Å². The Balaban J connectivity index is 1.80. The number of hydrogen-bond donors (Lipinski definition) is 3. The minimum absolute atomic E-state index is 0.0338. The predicted molar refractivity (Wildman–Crippen MR) is 89.7 cm³/mol. The number of carbonyl (C=O) groups excluding carboxylic acids is 2. The number of benzene rings is 2. The molecule has 0 saturated carbocycles. The van der Waals surface area contributed by atoms with Gasteiger partial charge in [-0.05, 0) is 30.3 Å². The Kier molecular flexibility index (Phi) is 4.99. The van der Waals surface area contributed by atoms with E-state index < -0.39 is 40.9 Å². The maximum atomic E-state index is 12.9. The van der Waals surface area contributed by atoms with Crippen LogP contribution in [-0.2, 0) is 12.4 Å². The number of aromatic nitrogens is 1. The van der Waals surface area contributed by atoms with Gasteiger partial charge in [-0.2, -0.15) is 26.3 Å². The van der Waals surface area contributed by atoms with E-state index >= 15 is 0 Å². The van der Waals surface area contributed by atoms with Crippen molar-refractivity contribution in [1.29, 1.82) is 0 Å². The van der Waals surface area contributed by atoms with E-state index in [1.54, 1.807) is 29.7 Å². The first-order chi connectivity index (χ1) is 13.4. The molecule has 0 atom stereocenters. The van der Waals surface area contributed by atoms with Crippen molar-refractivity contribution in [2.45, 2.75) is 12.4 Å². The number of aromatic amines is 1.